The zero-order valence-electron chi connectivity index (χ0n) is 10.8. The van der Waals surface area contributed by atoms with Crippen LogP contribution >= 0.6 is 0 Å². The molecule has 0 N–H and O–H groups in total. The van der Waals surface area contributed by atoms with Gasteiger partial charge >= 0.3 is 0 Å². The maximum absolute atomic E-state index is 5.95. The van der Waals surface area contributed by atoms with E-state index < -0.39 is 0 Å². The van der Waals surface area contributed by atoms with E-state index in [9.17, 15) is 0 Å². The predicted octanol–water partition coefficient (Wildman–Crippen LogP) is 3.87. The molecule has 1 heteroatoms. The topological polar surface area (TPSA) is 9.23 Å². The third-order valence-corrected chi connectivity index (χ3v) is 4.46. The molecule has 2 fully saturated rings. The van der Waals surface area contributed by atoms with Crippen molar-refractivity contribution in [3.8, 4) is 0 Å². The summed E-state index contributed by atoms with van der Waals surface area (Å²) >= 11 is 0. The van der Waals surface area contributed by atoms with Crippen molar-refractivity contribution in [3.63, 3.8) is 0 Å². The number of fused-ring (bicyclic) bond motifs is 1. The second-order valence-corrected chi connectivity index (χ2v) is 6.66. The van der Waals surface area contributed by atoms with Crippen molar-refractivity contribution >= 4 is 0 Å². The minimum atomic E-state index is 0.555. The molecule has 4 atom stereocenters. The van der Waals surface area contributed by atoms with Gasteiger partial charge < -0.3 is 4.74 Å². The van der Waals surface area contributed by atoms with Crippen molar-refractivity contribution in [2.24, 2.45) is 23.2 Å². The summed E-state index contributed by atoms with van der Waals surface area (Å²) in [5, 5.41) is 0. The molecule has 1 nitrogen and oxygen atoms in total. The molecular weight excluding hydrogens is 184 g/mol. The fourth-order valence-electron chi connectivity index (χ4n) is 3.84. The second-order valence-electron chi connectivity index (χ2n) is 6.66. The quantitative estimate of drug-likeness (QED) is 0.672. The summed E-state index contributed by atoms with van der Waals surface area (Å²) in [4.78, 5) is 0. The molecular formula is C14H26O. The van der Waals surface area contributed by atoms with E-state index in [-0.39, 0.29) is 0 Å². The van der Waals surface area contributed by atoms with Crippen molar-refractivity contribution in [1.82, 2.24) is 0 Å². The second kappa shape index (κ2) is 4.08. The van der Waals surface area contributed by atoms with Gasteiger partial charge in [-0.25, -0.2) is 0 Å². The standard InChI is InChI=1S/C14H26O/c1-10(2)7-14(4)6-5-12-11(3)9-15-13(12)8-14/h10-13H,5-9H2,1-4H3/t11?,12?,13?,14-/m0/s1. The normalized spacial score (nSPS) is 45.8. The van der Waals surface area contributed by atoms with E-state index in [4.69, 9.17) is 4.74 Å². The monoisotopic (exact) mass is 210 g/mol. The average molecular weight is 210 g/mol. The summed E-state index contributed by atoms with van der Waals surface area (Å²) in [7, 11) is 0. The van der Waals surface area contributed by atoms with Crippen LogP contribution in [0.4, 0.5) is 0 Å². The molecule has 2 rings (SSSR count). The van der Waals surface area contributed by atoms with Crippen LogP contribution in [-0.4, -0.2) is 12.7 Å². The Bertz CT molecular complexity index is 223. The summed E-state index contributed by atoms with van der Waals surface area (Å²) in [6.45, 7) is 10.5. The van der Waals surface area contributed by atoms with Crippen LogP contribution in [0.15, 0.2) is 0 Å². The largest absolute Gasteiger partial charge is 0.378 e. The lowest BCUT2D eigenvalue weighted by Crippen LogP contribution is -2.35. The third kappa shape index (κ3) is 2.38. The maximum atomic E-state index is 5.95. The van der Waals surface area contributed by atoms with E-state index in [0.717, 1.165) is 24.4 Å². The van der Waals surface area contributed by atoms with E-state index in [2.05, 4.69) is 27.7 Å². The minimum Gasteiger partial charge on any atom is -0.378 e. The van der Waals surface area contributed by atoms with Crippen LogP contribution in [0.1, 0.15) is 53.4 Å². The molecule has 0 spiro atoms. The molecule has 1 saturated heterocycles. The maximum Gasteiger partial charge on any atom is 0.0612 e. The molecule has 0 aromatic rings. The molecule has 2 aliphatic rings. The first-order valence-corrected chi connectivity index (χ1v) is 6.62. The third-order valence-electron chi connectivity index (χ3n) is 4.46. The summed E-state index contributed by atoms with van der Waals surface area (Å²) in [5.74, 6) is 2.49. The summed E-state index contributed by atoms with van der Waals surface area (Å²) in [5.41, 5.74) is 0.555. The number of hydrogen-bond donors (Lipinski definition) is 0. The van der Waals surface area contributed by atoms with Crippen molar-refractivity contribution in [2.45, 2.75) is 59.5 Å². The van der Waals surface area contributed by atoms with Crippen molar-refractivity contribution in [2.75, 3.05) is 6.61 Å². The van der Waals surface area contributed by atoms with Crippen molar-refractivity contribution in [3.05, 3.63) is 0 Å². The van der Waals surface area contributed by atoms with Crippen molar-refractivity contribution in [1.29, 1.82) is 0 Å². The molecule has 15 heavy (non-hydrogen) atoms. The van der Waals surface area contributed by atoms with Gasteiger partial charge in [0.1, 0.15) is 0 Å². The SMILES string of the molecule is CC(C)C[C@]1(C)CCC2C(C)COC2C1. The highest BCUT2D eigenvalue weighted by Crippen LogP contribution is 2.48. The number of ether oxygens (including phenoxy) is 1. The fraction of sp³-hybridized carbons (Fsp3) is 1.00. The first kappa shape index (κ1) is 11.4. The van der Waals surface area contributed by atoms with Gasteiger partial charge in [-0.2, -0.15) is 0 Å². The summed E-state index contributed by atoms with van der Waals surface area (Å²) in [6, 6.07) is 0. The van der Waals surface area contributed by atoms with E-state index in [0.29, 0.717) is 11.5 Å². The van der Waals surface area contributed by atoms with Gasteiger partial charge in [0.15, 0.2) is 0 Å². The molecule has 0 radical (unpaired) electrons. The van der Waals surface area contributed by atoms with Gasteiger partial charge in [0.2, 0.25) is 0 Å². The molecule has 0 aromatic heterocycles. The lowest BCUT2D eigenvalue weighted by Gasteiger charge is -2.41. The lowest BCUT2D eigenvalue weighted by molar-refractivity contribution is 0.00564. The van der Waals surface area contributed by atoms with Crippen LogP contribution in [0.3, 0.4) is 0 Å². The van der Waals surface area contributed by atoms with Gasteiger partial charge in [-0.15, -0.1) is 0 Å². The molecule has 1 saturated carbocycles. The highest BCUT2D eigenvalue weighted by molar-refractivity contribution is 4.93. The van der Waals surface area contributed by atoms with Crippen molar-refractivity contribution < 1.29 is 4.74 Å². The van der Waals surface area contributed by atoms with E-state index in [1.807, 2.05) is 0 Å². The zero-order chi connectivity index (χ0) is 11.1. The number of rotatable bonds is 2. The van der Waals surface area contributed by atoms with Crippen LogP contribution in [-0.2, 0) is 4.74 Å². The van der Waals surface area contributed by atoms with E-state index in [1.165, 1.54) is 25.7 Å². The van der Waals surface area contributed by atoms with Crippen LogP contribution in [0.2, 0.25) is 0 Å². The van der Waals surface area contributed by atoms with Gasteiger partial charge in [0.25, 0.3) is 0 Å². The molecule has 3 unspecified atom stereocenters. The minimum absolute atomic E-state index is 0.555. The Labute approximate surface area is 94.6 Å². The lowest BCUT2D eigenvalue weighted by atomic mass is 9.65. The van der Waals surface area contributed by atoms with Gasteiger partial charge in [-0.05, 0) is 48.9 Å². The van der Waals surface area contributed by atoms with Gasteiger partial charge in [0.05, 0.1) is 6.10 Å². The van der Waals surface area contributed by atoms with E-state index >= 15 is 0 Å². The van der Waals surface area contributed by atoms with Crippen LogP contribution in [0.5, 0.6) is 0 Å². The smallest absolute Gasteiger partial charge is 0.0612 e. The molecule has 88 valence electrons. The Kier molecular flexibility index (Phi) is 3.12. The highest BCUT2D eigenvalue weighted by atomic mass is 16.5. The van der Waals surface area contributed by atoms with E-state index in [1.54, 1.807) is 0 Å². The van der Waals surface area contributed by atoms with Gasteiger partial charge in [0, 0.05) is 6.61 Å². The summed E-state index contributed by atoms with van der Waals surface area (Å²) < 4.78 is 5.95. The predicted molar refractivity (Wildman–Crippen MR) is 63.8 cm³/mol. The first-order chi connectivity index (χ1) is 7.00. The molecule has 0 amide bonds. The fourth-order valence-corrected chi connectivity index (χ4v) is 3.84. The Morgan fingerprint density at radius 2 is 2.13 bits per heavy atom. The van der Waals surface area contributed by atoms with Crippen LogP contribution < -0.4 is 0 Å². The Balaban J connectivity index is 1.98. The first-order valence-electron chi connectivity index (χ1n) is 6.62. The molecule has 0 aromatic carbocycles. The van der Waals surface area contributed by atoms with Gasteiger partial charge in [-0.3, -0.25) is 0 Å². The summed E-state index contributed by atoms with van der Waals surface area (Å²) in [6.07, 6.45) is 6.07. The zero-order valence-corrected chi connectivity index (χ0v) is 10.8. The average Bonchev–Trinajstić information content (AvgIpc) is 2.44. The number of hydrogen-bond acceptors (Lipinski definition) is 1. The Hall–Kier alpha value is -0.0400. The highest BCUT2D eigenvalue weighted by Gasteiger charge is 2.43. The Morgan fingerprint density at radius 1 is 1.40 bits per heavy atom. The van der Waals surface area contributed by atoms with Crippen LogP contribution in [0.25, 0.3) is 0 Å². The molecule has 1 aliphatic carbocycles. The Morgan fingerprint density at radius 3 is 2.80 bits per heavy atom. The molecule has 1 heterocycles. The van der Waals surface area contributed by atoms with Gasteiger partial charge in [-0.1, -0.05) is 27.7 Å². The van der Waals surface area contributed by atoms with Crippen LogP contribution in [0, 0.1) is 23.2 Å². The molecule has 0 bridgehead atoms. The molecule has 1 aliphatic heterocycles.